The van der Waals surface area contributed by atoms with Gasteiger partial charge < -0.3 is 14.4 Å². The summed E-state index contributed by atoms with van der Waals surface area (Å²) in [6, 6.07) is 8.19. The number of likely N-dealkylation sites (tertiary alicyclic amines) is 1. The SMILES string of the molecule is COCC(=O)N1CCCCC[C@@H]1c1ccc(OC)cc1. The average molecular weight is 277 g/mol. The largest absolute Gasteiger partial charge is 0.497 e. The predicted molar refractivity (Wildman–Crippen MR) is 77.8 cm³/mol. The van der Waals surface area contributed by atoms with Crippen molar-refractivity contribution in [2.24, 2.45) is 0 Å². The van der Waals surface area contributed by atoms with Crippen molar-refractivity contribution in [3.05, 3.63) is 29.8 Å². The number of hydrogen-bond donors (Lipinski definition) is 0. The molecule has 1 aromatic rings. The van der Waals surface area contributed by atoms with Gasteiger partial charge >= 0.3 is 0 Å². The highest BCUT2D eigenvalue weighted by Crippen LogP contribution is 2.31. The number of rotatable bonds is 4. The Kier molecular flexibility index (Phi) is 5.41. The van der Waals surface area contributed by atoms with Gasteiger partial charge in [0.05, 0.1) is 13.2 Å². The molecule has 0 N–H and O–H groups in total. The van der Waals surface area contributed by atoms with Gasteiger partial charge in [0.15, 0.2) is 0 Å². The first-order valence-corrected chi connectivity index (χ1v) is 7.18. The predicted octanol–water partition coefficient (Wildman–Crippen LogP) is 2.79. The molecule has 0 aliphatic carbocycles. The number of carbonyl (C=O) groups is 1. The number of ether oxygens (including phenoxy) is 2. The zero-order valence-corrected chi connectivity index (χ0v) is 12.3. The molecule has 0 bridgehead atoms. The summed E-state index contributed by atoms with van der Waals surface area (Å²) in [5, 5.41) is 0. The summed E-state index contributed by atoms with van der Waals surface area (Å²) < 4.78 is 10.2. The zero-order chi connectivity index (χ0) is 14.4. The number of nitrogens with zero attached hydrogens (tertiary/aromatic N) is 1. The Morgan fingerprint density at radius 1 is 1.20 bits per heavy atom. The van der Waals surface area contributed by atoms with Crippen LogP contribution in [0.3, 0.4) is 0 Å². The molecule has 0 spiro atoms. The molecule has 0 radical (unpaired) electrons. The van der Waals surface area contributed by atoms with E-state index in [0.29, 0.717) is 0 Å². The van der Waals surface area contributed by atoms with Crippen molar-refractivity contribution in [1.29, 1.82) is 0 Å². The van der Waals surface area contributed by atoms with Crippen LogP contribution in [0.1, 0.15) is 37.3 Å². The molecule has 2 rings (SSSR count). The van der Waals surface area contributed by atoms with E-state index in [1.54, 1.807) is 14.2 Å². The van der Waals surface area contributed by atoms with Crippen LogP contribution in [0.5, 0.6) is 5.75 Å². The fraction of sp³-hybridized carbons (Fsp3) is 0.562. The maximum absolute atomic E-state index is 12.2. The molecule has 1 aliphatic rings. The first kappa shape index (κ1) is 14.9. The van der Waals surface area contributed by atoms with Crippen molar-refractivity contribution < 1.29 is 14.3 Å². The van der Waals surface area contributed by atoms with E-state index in [4.69, 9.17) is 9.47 Å². The number of hydrogen-bond acceptors (Lipinski definition) is 3. The van der Waals surface area contributed by atoms with Crippen LogP contribution >= 0.6 is 0 Å². The van der Waals surface area contributed by atoms with Crippen LogP contribution in [0, 0.1) is 0 Å². The highest BCUT2D eigenvalue weighted by atomic mass is 16.5. The monoisotopic (exact) mass is 277 g/mol. The van der Waals surface area contributed by atoms with E-state index in [0.717, 1.165) is 31.6 Å². The quantitative estimate of drug-likeness (QED) is 0.849. The first-order valence-electron chi connectivity index (χ1n) is 7.18. The summed E-state index contributed by atoms with van der Waals surface area (Å²) in [6.45, 7) is 0.978. The van der Waals surface area contributed by atoms with Gasteiger partial charge in [-0.2, -0.15) is 0 Å². The van der Waals surface area contributed by atoms with Crippen LogP contribution in [-0.2, 0) is 9.53 Å². The second-order valence-corrected chi connectivity index (χ2v) is 5.16. The minimum Gasteiger partial charge on any atom is -0.497 e. The zero-order valence-electron chi connectivity index (χ0n) is 12.3. The van der Waals surface area contributed by atoms with Gasteiger partial charge in [-0.05, 0) is 30.5 Å². The summed E-state index contributed by atoms with van der Waals surface area (Å²) >= 11 is 0. The van der Waals surface area contributed by atoms with Gasteiger partial charge in [-0.15, -0.1) is 0 Å². The van der Waals surface area contributed by atoms with Gasteiger partial charge in [-0.1, -0.05) is 25.0 Å². The van der Waals surface area contributed by atoms with Gasteiger partial charge in [-0.3, -0.25) is 4.79 Å². The molecular formula is C16H23NO3. The molecule has 4 heteroatoms. The minimum atomic E-state index is 0.0789. The minimum absolute atomic E-state index is 0.0789. The standard InChI is InChI=1S/C16H23NO3/c1-19-12-16(18)17-11-5-3-4-6-15(17)13-7-9-14(20-2)10-8-13/h7-10,15H,3-6,11-12H2,1-2H3/t15-/m1/s1. The van der Waals surface area contributed by atoms with E-state index in [1.165, 1.54) is 12.0 Å². The van der Waals surface area contributed by atoms with Gasteiger partial charge in [0.1, 0.15) is 12.4 Å². The Bertz CT molecular complexity index is 430. The van der Waals surface area contributed by atoms with Gasteiger partial charge in [0.2, 0.25) is 5.91 Å². The van der Waals surface area contributed by atoms with Crippen LogP contribution in [0.4, 0.5) is 0 Å². The fourth-order valence-electron chi connectivity index (χ4n) is 2.79. The van der Waals surface area contributed by atoms with Crippen molar-refractivity contribution >= 4 is 5.91 Å². The smallest absolute Gasteiger partial charge is 0.249 e. The Balaban J connectivity index is 2.20. The van der Waals surface area contributed by atoms with Crippen LogP contribution < -0.4 is 4.74 Å². The number of benzene rings is 1. The molecule has 4 nitrogen and oxygen atoms in total. The third kappa shape index (κ3) is 3.51. The molecule has 1 saturated heterocycles. The molecular weight excluding hydrogens is 254 g/mol. The van der Waals surface area contributed by atoms with Crippen molar-refractivity contribution in [3.63, 3.8) is 0 Å². The van der Waals surface area contributed by atoms with Crippen LogP contribution in [0.15, 0.2) is 24.3 Å². The maximum atomic E-state index is 12.2. The van der Waals surface area contributed by atoms with Gasteiger partial charge in [0.25, 0.3) is 0 Å². The molecule has 1 amide bonds. The molecule has 1 fully saturated rings. The Labute approximate surface area is 120 Å². The highest BCUT2D eigenvalue weighted by Gasteiger charge is 2.26. The van der Waals surface area contributed by atoms with Crippen molar-refractivity contribution in [1.82, 2.24) is 4.90 Å². The first-order chi connectivity index (χ1) is 9.76. The number of amides is 1. The number of methoxy groups -OCH3 is 2. The highest BCUT2D eigenvalue weighted by molar-refractivity contribution is 5.78. The maximum Gasteiger partial charge on any atom is 0.249 e. The third-order valence-corrected chi connectivity index (χ3v) is 3.84. The summed E-state index contributed by atoms with van der Waals surface area (Å²) in [6.07, 6.45) is 4.43. The lowest BCUT2D eigenvalue weighted by Crippen LogP contribution is -2.37. The average Bonchev–Trinajstić information content (AvgIpc) is 2.73. The molecule has 20 heavy (non-hydrogen) atoms. The summed E-state index contributed by atoms with van der Waals surface area (Å²) in [7, 11) is 3.23. The summed E-state index contributed by atoms with van der Waals surface area (Å²) in [5.74, 6) is 0.923. The van der Waals surface area contributed by atoms with Gasteiger partial charge in [-0.25, -0.2) is 0 Å². The van der Waals surface area contributed by atoms with E-state index < -0.39 is 0 Å². The lowest BCUT2D eigenvalue weighted by molar-refractivity contribution is -0.137. The molecule has 1 aliphatic heterocycles. The fourth-order valence-corrected chi connectivity index (χ4v) is 2.79. The third-order valence-electron chi connectivity index (χ3n) is 3.84. The van der Waals surface area contributed by atoms with Crippen molar-refractivity contribution in [2.45, 2.75) is 31.7 Å². The molecule has 0 unspecified atom stereocenters. The van der Waals surface area contributed by atoms with Crippen LogP contribution in [-0.4, -0.2) is 38.2 Å². The lowest BCUT2D eigenvalue weighted by atomic mass is 10.0. The molecule has 1 heterocycles. The van der Waals surface area contributed by atoms with Gasteiger partial charge in [0, 0.05) is 13.7 Å². The Hall–Kier alpha value is -1.55. The second-order valence-electron chi connectivity index (χ2n) is 5.16. The van der Waals surface area contributed by atoms with E-state index in [9.17, 15) is 4.79 Å². The van der Waals surface area contributed by atoms with Crippen LogP contribution in [0.25, 0.3) is 0 Å². The second kappa shape index (κ2) is 7.29. The van der Waals surface area contributed by atoms with E-state index in [-0.39, 0.29) is 18.6 Å². The summed E-state index contributed by atoms with van der Waals surface area (Å²) in [5.41, 5.74) is 1.18. The topological polar surface area (TPSA) is 38.8 Å². The normalized spacial score (nSPS) is 19.5. The van der Waals surface area contributed by atoms with E-state index >= 15 is 0 Å². The lowest BCUT2D eigenvalue weighted by Gasteiger charge is -2.30. The molecule has 1 atom stereocenters. The van der Waals surface area contributed by atoms with Crippen molar-refractivity contribution in [3.8, 4) is 5.75 Å². The summed E-state index contributed by atoms with van der Waals surface area (Å²) in [4.78, 5) is 14.2. The Morgan fingerprint density at radius 2 is 1.95 bits per heavy atom. The Morgan fingerprint density at radius 3 is 2.60 bits per heavy atom. The van der Waals surface area contributed by atoms with E-state index in [2.05, 4.69) is 12.1 Å². The molecule has 0 saturated carbocycles. The number of carbonyl (C=O) groups excluding carboxylic acids is 1. The van der Waals surface area contributed by atoms with Crippen LogP contribution in [0.2, 0.25) is 0 Å². The van der Waals surface area contributed by atoms with E-state index in [1.807, 2.05) is 17.0 Å². The molecule has 0 aromatic heterocycles. The van der Waals surface area contributed by atoms with Crippen molar-refractivity contribution in [2.75, 3.05) is 27.4 Å². The molecule has 1 aromatic carbocycles. The molecule has 110 valence electrons.